The average Bonchev–Trinajstić information content (AvgIpc) is 3.82. The number of carbonyl (C=O) groups is 3. The normalized spacial score (nSPS) is 28.6. The van der Waals surface area contributed by atoms with Crippen LogP contribution in [0.25, 0.3) is 16.5 Å². The number of Topliss-reactive ketones (excluding diaryl/α,β-unsaturated/α-hetero) is 1. The van der Waals surface area contributed by atoms with Crippen molar-refractivity contribution in [1.82, 2.24) is 9.91 Å². The second-order valence-electron chi connectivity index (χ2n) is 20.7. The number of nitrogens with two attached hydrogens (primary N) is 3. The van der Waals surface area contributed by atoms with Crippen LogP contribution in [0.4, 0.5) is 11.4 Å². The molecule has 1 fully saturated rings. The third kappa shape index (κ3) is 10.8. The Balaban J connectivity index is 1.29. The Bertz CT molecular complexity index is 2840. The van der Waals surface area contributed by atoms with Gasteiger partial charge in [0.2, 0.25) is 0 Å². The van der Waals surface area contributed by atoms with Crippen LogP contribution in [0, 0.1) is 36.5 Å². The summed E-state index contributed by atoms with van der Waals surface area (Å²) in [5.74, 6) is 0.416. The van der Waals surface area contributed by atoms with Crippen LogP contribution in [-0.2, 0) is 23.8 Å². The Kier molecular flexibility index (Phi) is 15.8. The molecule has 18 heteroatoms. The van der Waals surface area contributed by atoms with Crippen LogP contribution < -0.4 is 38.1 Å². The van der Waals surface area contributed by atoms with Crippen molar-refractivity contribution in [1.29, 1.82) is 0 Å². The largest absolute Gasteiger partial charge is 0.507 e. The summed E-state index contributed by atoms with van der Waals surface area (Å²) in [5.41, 5.74) is 13.1. The number of nitrogens with one attached hydrogen (secondary N) is 1. The molecule has 4 unspecified atom stereocenters. The summed E-state index contributed by atoms with van der Waals surface area (Å²) in [6, 6.07) is 6.86. The number of carbonyl (C=O) groups excluding carboxylic acids is 3. The number of nitrogen functional groups attached to an aromatic ring is 1. The van der Waals surface area contributed by atoms with E-state index in [-0.39, 0.29) is 68.2 Å². The molecule has 18 nitrogen and oxygen atoms in total. The van der Waals surface area contributed by atoms with Crippen LogP contribution in [-0.4, -0.2) is 106 Å². The first-order valence-corrected chi connectivity index (χ1v) is 24.7. The first kappa shape index (κ1) is 53.3. The van der Waals surface area contributed by atoms with Crippen LogP contribution in [0.3, 0.4) is 0 Å². The Morgan fingerprint density at radius 2 is 1.68 bits per heavy atom. The second-order valence-corrected chi connectivity index (χ2v) is 20.7. The molecule has 0 radical (unpaired) electrons. The van der Waals surface area contributed by atoms with E-state index in [2.05, 4.69) is 24.1 Å². The van der Waals surface area contributed by atoms with Crippen LogP contribution in [0.1, 0.15) is 96.1 Å². The number of aliphatic hydroxyl groups excluding tert-OH is 1. The highest BCUT2D eigenvalue weighted by Crippen LogP contribution is 2.50. The summed E-state index contributed by atoms with van der Waals surface area (Å²) >= 11 is 0. The van der Waals surface area contributed by atoms with Crippen LogP contribution in [0.5, 0.6) is 17.2 Å². The number of hydrazine groups is 1. The molecule has 388 valence electrons. The zero-order chi connectivity index (χ0) is 52.6. The van der Waals surface area contributed by atoms with Gasteiger partial charge in [0.05, 0.1) is 40.5 Å². The number of fused-ring (bicyclic) bond motifs is 13. The van der Waals surface area contributed by atoms with Crippen molar-refractivity contribution in [2.75, 3.05) is 44.3 Å². The molecule has 5 bridgehead atoms. The third-order valence-corrected chi connectivity index (χ3v) is 14.5. The molecule has 0 aliphatic carbocycles. The molecule has 1 amide bonds. The number of benzene rings is 3. The van der Waals surface area contributed by atoms with Crippen molar-refractivity contribution in [3.05, 3.63) is 94.0 Å². The van der Waals surface area contributed by atoms with E-state index in [1.165, 1.54) is 26.5 Å². The second kappa shape index (κ2) is 21.3. The number of piperidine rings is 1. The number of amides is 1. The van der Waals surface area contributed by atoms with Gasteiger partial charge in [-0.05, 0) is 61.8 Å². The number of hydrogen-bond donors (Lipinski definition) is 7. The number of ether oxygens (including phenoxy) is 4. The molecule has 0 saturated carbocycles. The van der Waals surface area contributed by atoms with Crippen LogP contribution >= 0.6 is 0 Å². The lowest BCUT2D eigenvalue weighted by Crippen LogP contribution is -2.46. The number of likely N-dealkylation sites (tertiary alicyclic amines) is 1. The lowest BCUT2D eigenvalue weighted by molar-refractivity contribution is -0.162. The van der Waals surface area contributed by atoms with Crippen molar-refractivity contribution in [3.8, 4) is 17.2 Å². The fourth-order valence-corrected chi connectivity index (χ4v) is 10.4. The molecular formula is C54H72N8O10. The molecule has 0 aromatic heterocycles. The highest BCUT2D eigenvalue weighted by atomic mass is 16.7. The number of nitrogens with zero attached hydrogens (tertiary/aromatic N) is 4. The van der Waals surface area contributed by atoms with E-state index in [0.29, 0.717) is 60.8 Å². The number of aromatic hydroxyl groups is 2. The third-order valence-electron chi connectivity index (χ3n) is 14.5. The predicted octanol–water partition coefficient (Wildman–Crippen LogP) is 5.47. The Labute approximate surface area is 420 Å². The fraction of sp³-hybridized carbons (Fsp3) is 0.500. The molecular weight excluding hydrogens is 921 g/mol. The molecule has 10 N–H and O–H groups in total. The summed E-state index contributed by atoms with van der Waals surface area (Å²) in [7, 11) is 1.48. The van der Waals surface area contributed by atoms with Gasteiger partial charge in [-0.15, -0.1) is 0 Å². The van der Waals surface area contributed by atoms with E-state index < -0.39 is 65.0 Å². The molecule has 8 atom stereocenters. The SMILES string of the molecule is CO[C@H]1/C=C/OC2(C)Oc3c(C)c(O)c4c(O)c(c5c(c4c3C2=O)=NC2(CCN(CC(C)C)CC2)N=5)NC(=O)/C(C)=C\C=C\C(C)C[C@@H](C)C(O)[C@@H](C)C(OC(=O)CN(N)/C=C(\N)c2ccc(N)cc2)[C@@H]1C. The van der Waals surface area contributed by atoms with Gasteiger partial charge in [0.25, 0.3) is 11.7 Å². The summed E-state index contributed by atoms with van der Waals surface area (Å²) in [6.07, 6.45) is 8.49. The Morgan fingerprint density at radius 1 is 1.01 bits per heavy atom. The number of allylic oxidation sites excluding steroid dienone is 3. The molecule has 1 saturated heterocycles. The first-order valence-electron chi connectivity index (χ1n) is 24.7. The zero-order valence-corrected chi connectivity index (χ0v) is 43.1. The van der Waals surface area contributed by atoms with Gasteiger partial charge in [0.15, 0.2) is 11.4 Å². The maximum atomic E-state index is 14.9. The molecule has 5 aliphatic rings. The number of hydrogen-bond acceptors (Lipinski definition) is 17. The summed E-state index contributed by atoms with van der Waals surface area (Å²) in [5, 5.41) is 40.6. The van der Waals surface area contributed by atoms with E-state index in [4.69, 9.17) is 46.2 Å². The molecule has 5 heterocycles. The van der Waals surface area contributed by atoms with Gasteiger partial charge in [-0.25, -0.2) is 5.84 Å². The van der Waals surface area contributed by atoms with Gasteiger partial charge >= 0.3 is 11.8 Å². The molecule has 8 rings (SSSR count). The van der Waals surface area contributed by atoms with Gasteiger partial charge in [-0.2, -0.15) is 0 Å². The minimum atomic E-state index is -1.99. The highest BCUT2D eigenvalue weighted by Gasteiger charge is 2.50. The quantitative estimate of drug-likeness (QED) is 0.0485. The smallest absolute Gasteiger partial charge is 0.327 e. The standard InChI is InChI=1S/C54H72N8O10/c1-28(2)25-61-21-19-54(20-22-61)59-43-40-41-47(65)34(8)50-42(40)51(67)53(9,72-50)70-23-18-38(69-10)32(6)49(71-39(63)27-62(57)26-37(56)35-14-16-36(55)17-15-35)33(7)46(64)31(5)24-29(3)12-11-13-30(4)52(68)58-45(48(41)66)44(43)60-54/h11-18,23,26,28-29,31-33,38,46,49,64-66H,19-22,24-25,27,55-57H2,1-10H3,(H,58,68)/b12-11+,23-18+,30-13-,37-26-/t29?,31-,32-,33-,38+,46?,49?,53?/m1/s1. The molecule has 72 heavy (non-hydrogen) atoms. The number of anilines is 2. The summed E-state index contributed by atoms with van der Waals surface area (Å²) in [4.78, 5) is 55.5. The summed E-state index contributed by atoms with van der Waals surface area (Å²) < 4.78 is 24.7. The maximum absolute atomic E-state index is 14.9. The van der Waals surface area contributed by atoms with Gasteiger partial charge in [0.1, 0.15) is 35.2 Å². The van der Waals surface area contributed by atoms with Gasteiger partial charge < -0.3 is 61.0 Å². The van der Waals surface area contributed by atoms with E-state index in [9.17, 15) is 29.7 Å². The monoisotopic (exact) mass is 993 g/mol. The Hall–Kier alpha value is -6.47. The molecule has 3 aromatic rings. The van der Waals surface area contributed by atoms with Crippen molar-refractivity contribution >= 4 is 45.5 Å². The first-order chi connectivity index (χ1) is 34.0. The molecule has 5 aliphatic heterocycles. The number of esters is 1. The topological polar surface area (TPSA) is 270 Å². The number of phenols is 2. The summed E-state index contributed by atoms with van der Waals surface area (Å²) in [6.45, 7) is 18.4. The van der Waals surface area contributed by atoms with E-state index in [0.717, 1.165) is 11.6 Å². The lowest BCUT2D eigenvalue weighted by Gasteiger charge is -2.37. The van der Waals surface area contributed by atoms with Crippen LogP contribution in [0.15, 0.2) is 76.6 Å². The minimum absolute atomic E-state index is 0.0262. The lowest BCUT2D eigenvalue weighted by atomic mass is 9.79. The number of rotatable bonds is 8. The number of ketones is 1. The van der Waals surface area contributed by atoms with Crippen molar-refractivity contribution in [3.63, 3.8) is 0 Å². The number of phenolic OH excluding ortho intramolecular Hbond substituents is 2. The highest BCUT2D eigenvalue weighted by molar-refractivity contribution is 6.19. The van der Waals surface area contributed by atoms with Crippen molar-refractivity contribution < 1.29 is 48.7 Å². The van der Waals surface area contributed by atoms with E-state index >= 15 is 0 Å². The van der Waals surface area contributed by atoms with Gasteiger partial charge in [-0.3, -0.25) is 24.4 Å². The van der Waals surface area contributed by atoms with E-state index in [1.807, 2.05) is 26.8 Å². The average molecular weight is 993 g/mol. The maximum Gasteiger partial charge on any atom is 0.327 e. The predicted molar refractivity (Wildman–Crippen MR) is 275 cm³/mol. The van der Waals surface area contributed by atoms with Gasteiger partial charge in [-0.1, -0.05) is 71.9 Å². The minimum Gasteiger partial charge on any atom is -0.507 e. The molecule has 3 aromatic carbocycles. The van der Waals surface area contributed by atoms with Crippen molar-refractivity contribution in [2.45, 2.75) is 111 Å². The Morgan fingerprint density at radius 3 is 2.33 bits per heavy atom. The zero-order valence-electron chi connectivity index (χ0n) is 43.1. The number of methoxy groups -OCH3 is 1. The van der Waals surface area contributed by atoms with E-state index in [1.54, 1.807) is 63.3 Å². The van der Waals surface area contributed by atoms with Gasteiger partial charge in [0, 0.05) is 86.8 Å². The fourth-order valence-electron chi connectivity index (χ4n) is 10.4. The molecule has 1 spiro atoms. The van der Waals surface area contributed by atoms with Crippen molar-refractivity contribution in [2.24, 2.45) is 51.2 Å². The number of aliphatic hydroxyl groups is 1. The van der Waals surface area contributed by atoms with Crippen LogP contribution in [0.2, 0.25) is 0 Å².